The van der Waals surface area contributed by atoms with Crippen LogP contribution in [0, 0.1) is 17.8 Å². The highest BCUT2D eigenvalue weighted by atomic mass is 15.2. The van der Waals surface area contributed by atoms with Gasteiger partial charge >= 0.3 is 0 Å². The van der Waals surface area contributed by atoms with Crippen molar-refractivity contribution in [3.63, 3.8) is 0 Å². The number of rotatable bonds is 9. The zero-order valence-corrected chi connectivity index (χ0v) is 15.3. The van der Waals surface area contributed by atoms with Gasteiger partial charge in [0.2, 0.25) is 0 Å². The van der Waals surface area contributed by atoms with E-state index in [0.717, 1.165) is 17.8 Å². The Kier molecular flexibility index (Phi) is 8.89. The summed E-state index contributed by atoms with van der Waals surface area (Å²) in [5.74, 6) is 2.50. The molecule has 1 saturated carbocycles. The van der Waals surface area contributed by atoms with Crippen LogP contribution in [0.3, 0.4) is 0 Å². The molecule has 2 N–H and O–H groups in total. The summed E-state index contributed by atoms with van der Waals surface area (Å²) in [7, 11) is 0. The van der Waals surface area contributed by atoms with Gasteiger partial charge in [-0.2, -0.15) is 0 Å². The van der Waals surface area contributed by atoms with Gasteiger partial charge in [-0.1, -0.05) is 47.5 Å². The van der Waals surface area contributed by atoms with Crippen LogP contribution in [0.25, 0.3) is 0 Å². The van der Waals surface area contributed by atoms with Crippen LogP contribution in [0.5, 0.6) is 0 Å². The van der Waals surface area contributed by atoms with Crippen LogP contribution in [0.1, 0.15) is 79.6 Å². The first kappa shape index (κ1) is 19.0. The molecule has 1 fully saturated rings. The third-order valence-electron chi connectivity index (χ3n) is 5.13. The van der Waals surface area contributed by atoms with Gasteiger partial charge in [0.05, 0.1) is 0 Å². The van der Waals surface area contributed by atoms with Gasteiger partial charge in [0.1, 0.15) is 0 Å². The summed E-state index contributed by atoms with van der Waals surface area (Å²) in [6, 6.07) is 1.03. The van der Waals surface area contributed by atoms with Crippen LogP contribution in [-0.4, -0.2) is 30.1 Å². The average Bonchev–Trinajstić information content (AvgIpc) is 2.41. The van der Waals surface area contributed by atoms with E-state index in [2.05, 4.69) is 39.5 Å². The number of hydrogen-bond donors (Lipinski definition) is 1. The van der Waals surface area contributed by atoms with Gasteiger partial charge in [0, 0.05) is 12.1 Å². The lowest BCUT2D eigenvalue weighted by Gasteiger charge is -2.42. The van der Waals surface area contributed by atoms with E-state index in [1.807, 2.05) is 0 Å². The molecule has 1 aliphatic carbocycles. The molecular formula is C19H40N2. The maximum absolute atomic E-state index is 6.51. The number of nitrogens with zero attached hydrogens (tertiary/aromatic N) is 1. The molecule has 2 heteroatoms. The molecule has 0 aromatic carbocycles. The molecule has 126 valence electrons. The largest absolute Gasteiger partial charge is 0.326 e. The van der Waals surface area contributed by atoms with Gasteiger partial charge < -0.3 is 5.73 Å². The first-order valence-electron chi connectivity index (χ1n) is 9.43. The van der Waals surface area contributed by atoms with Crippen molar-refractivity contribution in [1.82, 2.24) is 4.90 Å². The fraction of sp³-hybridized carbons (Fsp3) is 1.00. The Labute approximate surface area is 133 Å². The van der Waals surface area contributed by atoms with Crippen LogP contribution in [0.15, 0.2) is 0 Å². The highest BCUT2D eigenvalue weighted by molar-refractivity contribution is 4.89. The van der Waals surface area contributed by atoms with Crippen molar-refractivity contribution in [3.8, 4) is 0 Å². The van der Waals surface area contributed by atoms with E-state index in [9.17, 15) is 0 Å². The summed E-state index contributed by atoms with van der Waals surface area (Å²) >= 11 is 0. The van der Waals surface area contributed by atoms with Crippen molar-refractivity contribution >= 4 is 0 Å². The van der Waals surface area contributed by atoms with E-state index in [4.69, 9.17) is 5.73 Å². The fourth-order valence-corrected chi connectivity index (χ4v) is 3.64. The standard InChI is InChI=1S/C19H40N2/c1-6-7-17-8-9-18(20)19(14-17)21(12-10-15(2)3)13-11-16(4)5/h15-19H,6-14,20H2,1-5H3. The van der Waals surface area contributed by atoms with Crippen molar-refractivity contribution < 1.29 is 0 Å². The summed E-state index contributed by atoms with van der Waals surface area (Å²) < 4.78 is 0. The number of nitrogens with two attached hydrogens (primary N) is 1. The molecule has 0 aromatic rings. The molecule has 1 rings (SSSR count). The molecular weight excluding hydrogens is 256 g/mol. The van der Waals surface area contributed by atoms with E-state index in [1.54, 1.807) is 0 Å². The Morgan fingerprint density at radius 3 is 2.05 bits per heavy atom. The zero-order chi connectivity index (χ0) is 15.8. The minimum absolute atomic E-state index is 0.400. The van der Waals surface area contributed by atoms with Crippen molar-refractivity contribution in [3.05, 3.63) is 0 Å². The lowest BCUT2D eigenvalue weighted by molar-refractivity contribution is 0.0987. The van der Waals surface area contributed by atoms with Crippen LogP contribution in [0.2, 0.25) is 0 Å². The van der Waals surface area contributed by atoms with Crippen LogP contribution in [-0.2, 0) is 0 Å². The van der Waals surface area contributed by atoms with E-state index >= 15 is 0 Å². The molecule has 21 heavy (non-hydrogen) atoms. The molecule has 0 aromatic heterocycles. The molecule has 0 bridgehead atoms. The topological polar surface area (TPSA) is 29.3 Å². The molecule has 2 nitrogen and oxygen atoms in total. The molecule has 3 atom stereocenters. The van der Waals surface area contributed by atoms with Gasteiger partial charge in [0.25, 0.3) is 0 Å². The summed E-state index contributed by atoms with van der Waals surface area (Å²) in [5, 5.41) is 0. The third-order valence-corrected chi connectivity index (χ3v) is 5.13. The van der Waals surface area contributed by atoms with Crippen LogP contribution >= 0.6 is 0 Å². The SMILES string of the molecule is CCCC1CCC(N)C(N(CCC(C)C)CCC(C)C)C1. The van der Waals surface area contributed by atoms with E-state index in [-0.39, 0.29) is 0 Å². The molecule has 0 spiro atoms. The van der Waals surface area contributed by atoms with E-state index < -0.39 is 0 Å². The van der Waals surface area contributed by atoms with Crippen LogP contribution in [0.4, 0.5) is 0 Å². The fourth-order valence-electron chi connectivity index (χ4n) is 3.64. The molecule has 0 amide bonds. The average molecular weight is 297 g/mol. The quantitative estimate of drug-likeness (QED) is 0.669. The number of hydrogen-bond acceptors (Lipinski definition) is 2. The normalized spacial score (nSPS) is 27.0. The molecule has 0 heterocycles. The Bertz CT molecular complexity index is 250. The predicted octanol–water partition coefficient (Wildman–Crippen LogP) is 4.68. The van der Waals surface area contributed by atoms with E-state index in [0.29, 0.717) is 12.1 Å². The van der Waals surface area contributed by atoms with Gasteiger partial charge in [-0.3, -0.25) is 4.90 Å². The highest BCUT2D eigenvalue weighted by Crippen LogP contribution is 2.30. The maximum Gasteiger partial charge on any atom is 0.0249 e. The monoisotopic (exact) mass is 296 g/mol. The Morgan fingerprint density at radius 2 is 1.57 bits per heavy atom. The Morgan fingerprint density at radius 1 is 1.00 bits per heavy atom. The molecule has 0 saturated heterocycles. The summed E-state index contributed by atoms with van der Waals surface area (Å²) in [6.45, 7) is 14.1. The first-order chi connectivity index (χ1) is 9.93. The minimum atomic E-state index is 0.400. The lowest BCUT2D eigenvalue weighted by atomic mass is 9.79. The Balaban J connectivity index is 2.63. The smallest absolute Gasteiger partial charge is 0.0249 e. The molecule has 0 aliphatic heterocycles. The van der Waals surface area contributed by atoms with Gasteiger partial charge in [0.15, 0.2) is 0 Å². The first-order valence-corrected chi connectivity index (χ1v) is 9.43. The zero-order valence-electron chi connectivity index (χ0n) is 15.3. The second kappa shape index (κ2) is 9.84. The molecule has 1 aliphatic rings. The second-order valence-electron chi connectivity index (χ2n) is 8.10. The van der Waals surface area contributed by atoms with Gasteiger partial charge in [-0.05, 0) is 62.9 Å². The molecule has 0 radical (unpaired) electrons. The lowest BCUT2D eigenvalue weighted by Crippen LogP contribution is -2.52. The summed E-state index contributed by atoms with van der Waals surface area (Å²) in [4.78, 5) is 2.74. The molecule has 3 unspecified atom stereocenters. The Hall–Kier alpha value is -0.0800. The van der Waals surface area contributed by atoms with Gasteiger partial charge in [-0.25, -0.2) is 0 Å². The van der Waals surface area contributed by atoms with Crippen molar-refractivity contribution in [1.29, 1.82) is 0 Å². The van der Waals surface area contributed by atoms with Gasteiger partial charge in [-0.15, -0.1) is 0 Å². The van der Waals surface area contributed by atoms with Crippen molar-refractivity contribution in [2.75, 3.05) is 13.1 Å². The van der Waals surface area contributed by atoms with Crippen molar-refractivity contribution in [2.45, 2.75) is 91.6 Å². The van der Waals surface area contributed by atoms with Crippen molar-refractivity contribution in [2.24, 2.45) is 23.5 Å². The highest BCUT2D eigenvalue weighted by Gasteiger charge is 2.31. The van der Waals surface area contributed by atoms with E-state index in [1.165, 1.54) is 58.0 Å². The summed E-state index contributed by atoms with van der Waals surface area (Å²) in [5.41, 5.74) is 6.51. The van der Waals surface area contributed by atoms with Crippen LogP contribution < -0.4 is 5.73 Å². The summed E-state index contributed by atoms with van der Waals surface area (Å²) in [6.07, 6.45) is 9.25. The predicted molar refractivity (Wildman–Crippen MR) is 94.5 cm³/mol. The minimum Gasteiger partial charge on any atom is -0.326 e. The maximum atomic E-state index is 6.51. The second-order valence-corrected chi connectivity index (χ2v) is 8.10. The third kappa shape index (κ3) is 7.15.